The van der Waals surface area contributed by atoms with Crippen molar-refractivity contribution in [2.45, 2.75) is 25.8 Å². The Morgan fingerprint density at radius 2 is 1.70 bits per heavy atom. The summed E-state index contributed by atoms with van der Waals surface area (Å²) < 4.78 is 27.5. The molecule has 0 amide bonds. The molecule has 0 saturated heterocycles. The van der Waals surface area contributed by atoms with Crippen LogP contribution < -0.4 is 5.32 Å². The molecule has 0 saturated carbocycles. The number of hydrogen-bond acceptors (Lipinski definition) is 1. The zero-order valence-corrected chi connectivity index (χ0v) is 11.8. The lowest BCUT2D eigenvalue weighted by atomic mass is 9.96. The zero-order valence-electron chi connectivity index (χ0n) is 11.8. The maximum absolute atomic E-state index is 13.7. The first-order valence-corrected chi connectivity index (χ1v) is 6.84. The first-order chi connectivity index (χ1) is 9.65. The fourth-order valence-electron chi connectivity index (χ4n) is 2.35. The first-order valence-electron chi connectivity index (χ1n) is 6.84. The van der Waals surface area contributed by atoms with Crippen LogP contribution in [-0.4, -0.2) is 7.05 Å². The Balaban J connectivity index is 2.29. The maximum Gasteiger partial charge on any atom is 0.129 e. The molecule has 106 valence electrons. The minimum Gasteiger partial charge on any atom is -0.313 e. The molecule has 1 atom stereocenters. The average molecular weight is 275 g/mol. The van der Waals surface area contributed by atoms with E-state index in [1.54, 1.807) is 0 Å². The van der Waals surface area contributed by atoms with Crippen LogP contribution in [0.4, 0.5) is 8.78 Å². The van der Waals surface area contributed by atoms with Gasteiger partial charge in [-0.3, -0.25) is 0 Å². The van der Waals surface area contributed by atoms with Gasteiger partial charge in [0.05, 0.1) is 0 Å². The Labute approximate surface area is 118 Å². The molecule has 0 aliphatic rings. The van der Waals surface area contributed by atoms with E-state index in [-0.39, 0.29) is 11.6 Å². The number of hydrogen-bond donors (Lipinski definition) is 1. The summed E-state index contributed by atoms with van der Waals surface area (Å²) in [5.74, 6) is -0.978. The number of benzene rings is 2. The quantitative estimate of drug-likeness (QED) is 0.868. The van der Waals surface area contributed by atoms with Crippen LogP contribution >= 0.6 is 0 Å². The third-order valence-corrected chi connectivity index (χ3v) is 3.58. The second-order valence-corrected chi connectivity index (χ2v) is 4.84. The van der Waals surface area contributed by atoms with E-state index in [9.17, 15) is 8.78 Å². The van der Waals surface area contributed by atoms with Gasteiger partial charge in [0.25, 0.3) is 0 Å². The third kappa shape index (κ3) is 3.23. The van der Waals surface area contributed by atoms with Crippen molar-refractivity contribution < 1.29 is 8.78 Å². The van der Waals surface area contributed by atoms with Crippen molar-refractivity contribution in [2.24, 2.45) is 0 Å². The number of halogens is 2. The van der Waals surface area contributed by atoms with E-state index in [0.717, 1.165) is 12.0 Å². The van der Waals surface area contributed by atoms with Crippen LogP contribution in [0.15, 0.2) is 42.5 Å². The summed E-state index contributed by atoms with van der Waals surface area (Å²) >= 11 is 0. The largest absolute Gasteiger partial charge is 0.313 e. The summed E-state index contributed by atoms with van der Waals surface area (Å²) in [4.78, 5) is 0. The topological polar surface area (TPSA) is 12.0 Å². The number of aryl methyl sites for hydroxylation is 1. The minimum atomic E-state index is -0.489. The fraction of sp³-hybridized carbons (Fsp3) is 0.294. The van der Waals surface area contributed by atoms with Gasteiger partial charge in [0, 0.05) is 11.6 Å². The second kappa shape index (κ2) is 6.62. The predicted molar refractivity (Wildman–Crippen MR) is 77.7 cm³/mol. The van der Waals surface area contributed by atoms with Gasteiger partial charge in [0.15, 0.2) is 0 Å². The molecule has 0 radical (unpaired) electrons. The number of likely N-dealkylation sites (N-methyl/N-ethyl adjacent to an activating group) is 1. The SMILES string of the molecule is CCc1cccc(C(Cc2c(F)cccc2F)NC)c1. The first kappa shape index (κ1) is 14.7. The van der Waals surface area contributed by atoms with Gasteiger partial charge in [-0.1, -0.05) is 37.3 Å². The summed E-state index contributed by atoms with van der Waals surface area (Å²) in [6.45, 7) is 2.09. The molecule has 0 fully saturated rings. The van der Waals surface area contributed by atoms with E-state index in [0.29, 0.717) is 6.42 Å². The Bertz CT molecular complexity index is 561. The van der Waals surface area contributed by atoms with Crippen molar-refractivity contribution in [2.75, 3.05) is 7.05 Å². The van der Waals surface area contributed by atoms with E-state index < -0.39 is 11.6 Å². The van der Waals surface area contributed by atoms with Crippen molar-refractivity contribution in [1.29, 1.82) is 0 Å². The number of nitrogens with one attached hydrogen (secondary N) is 1. The molecule has 20 heavy (non-hydrogen) atoms. The van der Waals surface area contributed by atoms with Crippen LogP contribution in [0.5, 0.6) is 0 Å². The highest BCUT2D eigenvalue weighted by Gasteiger charge is 2.16. The van der Waals surface area contributed by atoms with Gasteiger partial charge >= 0.3 is 0 Å². The highest BCUT2D eigenvalue weighted by molar-refractivity contribution is 5.29. The molecule has 0 aromatic heterocycles. The molecule has 0 aliphatic heterocycles. The molecule has 2 rings (SSSR count). The molecule has 2 aromatic rings. The molecule has 0 spiro atoms. The smallest absolute Gasteiger partial charge is 0.129 e. The van der Waals surface area contributed by atoms with E-state index >= 15 is 0 Å². The van der Waals surface area contributed by atoms with Crippen LogP contribution in [0.2, 0.25) is 0 Å². The van der Waals surface area contributed by atoms with Gasteiger partial charge < -0.3 is 5.32 Å². The fourth-order valence-corrected chi connectivity index (χ4v) is 2.35. The molecule has 3 heteroatoms. The van der Waals surface area contributed by atoms with Crippen LogP contribution in [0.3, 0.4) is 0 Å². The summed E-state index contributed by atoms with van der Waals surface area (Å²) in [7, 11) is 1.81. The lowest BCUT2D eigenvalue weighted by molar-refractivity contribution is 0.515. The van der Waals surface area contributed by atoms with Gasteiger partial charge in [0.2, 0.25) is 0 Å². The molecule has 2 aromatic carbocycles. The Hall–Kier alpha value is -1.74. The van der Waals surface area contributed by atoms with E-state index in [4.69, 9.17) is 0 Å². The molecule has 0 aliphatic carbocycles. The summed E-state index contributed by atoms with van der Waals surface area (Å²) in [5, 5.41) is 3.14. The van der Waals surface area contributed by atoms with Crippen molar-refractivity contribution in [1.82, 2.24) is 5.32 Å². The molecule has 1 nitrogen and oxygen atoms in total. The van der Waals surface area contributed by atoms with E-state index in [1.165, 1.54) is 23.8 Å². The Morgan fingerprint density at radius 3 is 2.30 bits per heavy atom. The molecule has 1 N–H and O–H groups in total. The summed E-state index contributed by atoms with van der Waals surface area (Å²) in [5.41, 5.74) is 2.40. The maximum atomic E-state index is 13.7. The van der Waals surface area contributed by atoms with Crippen molar-refractivity contribution >= 4 is 0 Å². The van der Waals surface area contributed by atoms with Crippen LogP contribution in [-0.2, 0) is 12.8 Å². The average Bonchev–Trinajstić information content (AvgIpc) is 2.47. The Kier molecular flexibility index (Phi) is 4.85. The predicted octanol–water partition coefficient (Wildman–Crippen LogP) is 4.03. The van der Waals surface area contributed by atoms with Crippen molar-refractivity contribution in [3.05, 3.63) is 70.8 Å². The molecule has 0 heterocycles. The highest BCUT2D eigenvalue weighted by atomic mass is 19.1. The van der Waals surface area contributed by atoms with Crippen molar-refractivity contribution in [3.8, 4) is 0 Å². The van der Waals surface area contributed by atoms with Crippen molar-refractivity contribution in [3.63, 3.8) is 0 Å². The van der Waals surface area contributed by atoms with E-state index in [2.05, 4.69) is 24.4 Å². The van der Waals surface area contributed by atoms with Gasteiger partial charge in [0.1, 0.15) is 11.6 Å². The molecule has 1 unspecified atom stereocenters. The normalized spacial score (nSPS) is 12.4. The highest BCUT2D eigenvalue weighted by Crippen LogP contribution is 2.23. The summed E-state index contributed by atoms with van der Waals surface area (Å²) in [6.07, 6.45) is 1.24. The Morgan fingerprint density at radius 1 is 1.05 bits per heavy atom. The standard InChI is InChI=1S/C17H19F2N/c1-3-12-6-4-7-13(10-12)17(20-2)11-14-15(18)8-5-9-16(14)19/h4-10,17,20H,3,11H2,1-2H3. The lowest BCUT2D eigenvalue weighted by Gasteiger charge is -2.18. The lowest BCUT2D eigenvalue weighted by Crippen LogP contribution is -2.20. The molecular weight excluding hydrogens is 256 g/mol. The second-order valence-electron chi connectivity index (χ2n) is 4.84. The monoisotopic (exact) mass is 275 g/mol. The molecule has 0 bridgehead atoms. The van der Waals surface area contributed by atoms with Gasteiger partial charge in [-0.05, 0) is 43.1 Å². The molecular formula is C17H19F2N. The number of rotatable bonds is 5. The van der Waals surface area contributed by atoms with Gasteiger partial charge in [-0.2, -0.15) is 0 Å². The zero-order chi connectivity index (χ0) is 14.5. The minimum absolute atomic E-state index is 0.104. The van der Waals surface area contributed by atoms with Gasteiger partial charge in [-0.15, -0.1) is 0 Å². The van der Waals surface area contributed by atoms with Crippen LogP contribution in [0.25, 0.3) is 0 Å². The summed E-state index contributed by atoms with van der Waals surface area (Å²) in [6, 6.07) is 12.0. The third-order valence-electron chi connectivity index (χ3n) is 3.58. The van der Waals surface area contributed by atoms with Crippen LogP contribution in [0.1, 0.15) is 29.7 Å². The van der Waals surface area contributed by atoms with Crippen LogP contribution in [0, 0.1) is 11.6 Å². The van der Waals surface area contributed by atoms with E-state index in [1.807, 2.05) is 19.2 Å². The van der Waals surface area contributed by atoms with Gasteiger partial charge in [-0.25, -0.2) is 8.78 Å².